The van der Waals surface area contributed by atoms with E-state index in [1.165, 1.54) is 0 Å². The Kier molecular flexibility index (Phi) is 9.25. The molecule has 1 aliphatic carbocycles. The van der Waals surface area contributed by atoms with Crippen LogP contribution in [0.25, 0.3) is 11.6 Å². The summed E-state index contributed by atoms with van der Waals surface area (Å²) in [5, 5.41) is 3.77. The molecule has 1 saturated heterocycles. The summed E-state index contributed by atoms with van der Waals surface area (Å²) in [6, 6.07) is 9.12. The highest BCUT2D eigenvalue weighted by atomic mass is 35.5. The minimum absolute atomic E-state index is 0.0508. The Bertz CT molecular complexity index is 1460. The van der Waals surface area contributed by atoms with Gasteiger partial charge in [0, 0.05) is 51.1 Å². The number of pyridine rings is 1. The molecule has 2 atom stereocenters. The van der Waals surface area contributed by atoms with Crippen LogP contribution < -0.4 is 5.32 Å². The Hall–Kier alpha value is -3.73. The minimum Gasteiger partial charge on any atom is -0.447 e. The average Bonchev–Trinajstić information content (AvgIpc) is 3.34. The summed E-state index contributed by atoms with van der Waals surface area (Å²) in [7, 11) is 1.91. The van der Waals surface area contributed by atoms with Gasteiger partial charge in [-0.15, -0.1) is 0 Å². The summed E-state index contributed by atoms with van der Waals surface area (Å²) in [5.74, 6) is -0.232. The number of fused-ring (bicyclic) bond motifs is 2. The fraction of sp³-hybridized carbons (Fsp3) is 0.419. The van der Waals surface area contributed by atoms with Crippen LogP contribution in [0.1, 0.15) is 60.9 Å². The molecule has 1 aromatic carbocycles. The predicted octanol–water partition coefficient (Wildman–Crippen LogP) is 4.47. The fourth-order valence-electron chi connectivity index (χ4n) is 5.59. The maximum atomic E-state index is 13.1. The van der Waals surface area contributed by atoms with Crippen LogP contribution in [-0.2, 0) is 21.3 Å². The van der Waals surface area contributed by atoms with Crippen LogP contribution in [0.3, 0.4) is 0 Å². The van der Waals surface area contributed by atoms with Crippen molar-refractivity contribution < 1.29 is 19.1 Å². The number of amides is 2. The van der Waals surface area contributed by atoms with E-state index in [4.69, 9.17) is 26.1 Å². The van der Waals surface area contributed by atoms with E-state index >= 15 is 0 Å². The lowest BCUT2D eigenvalue weighted by molar-refractivity contribution is -0.125. The maximum absolute atomic E-state index is 13.1. The van der Waals surface area contributed by atoms with Crippen molar-refractivity contribution in [2.24, 2.45) is 7.05 Å². The van der Waals surface area contributed by atoms with Gasteiger partial charge in [-0.3, -0.25) is 14.7 Å². The molecule has 10 nitrogen and oxygen atoms in total. The van der Waals surface area contributed by atoms with E-state index in [2.05, 4.69) is 21.3 Å². The van der Waals surface area contributed by atoms with E-state index in [1.807, 2.05) is 62.7 Å². The zero-order chi connectivity index (χ0) is 29.8. The topological polar surface area (TPSA) is 102 Å². The van der Waals surface area contributed by atoms with Gasteiger partial charge in [0.1, 0.15) is 6.61 Å². The van der Waals surface area contributed by atoms with Crippen LogP contribution in [-0.4, -0.2) is 81.8 Å². The normalized spacial score (nSPS) is 17.6. The number of aromatic nitrogens is 3. The predicted molar refractivity (Wildman–Crippen MR) is 161 cm³/mol. The quantitative estimate of drug-likeness (QED) is 0.412. The number of nitrogens with zero attached hydrogens (tertiary/aromatic N) is 5. The van der Waals surface area contributed by atoms with Crippen LogP contribution in [0.5, 0.6) is 0 Å². The molecule has 1 N–H and O–H groups in total. The highest BCUT2D eigenvalue weighted by Crippen LogP contribution is 2.44. The Morgan fingerprint density at radius 1 is 1.17 bits per heavy atom. The van der Waals surface area contributed by atoms with E-state index < -0.39 is 6.04 Å². The molecular weight excluding hydrogens is 556 g/mol. The first-order chi connectivity index (χ1) is 20.3. The first-order valence-electron chi connectivity index (χ1n) is 14.3. The fourth-order valence-corrected chi connectivity index (χ4v) is 5.76. The van der Waals surface area contributed by atoms with Crippen LogP contribution >= 0.6 is 11.6 Å². The summed E-state index contributed by atoms with van der Waals surface area (Å²) in [4.78, 5) is 39.0. The van der Waals surface area contributed by atoms with Crippen molar-refractivity contribution in [3.05, 3.63) is 82.2 Å². The second-order valence-electron chi connectivity index (χ2n) is 10.7. The third-order valence-electron chi connectivity index (χ3n) is 7.54. The molecule has 2 aromatic heterocycles. The zero-order valence-corrected chi connectivity index (χ0v) is 25.2. The second kappa shape index (κ2) is 13.1. The number of nitrogens with one attached hydrogen (secondary N) is 1. The van der Waals surface area contributed by atoms with Gasteiger partial charge in [-0.2, -0.15) is 0 Å². The van der Waals surface area contributed by atoms with Crippen LogP contribution in [0, 0.1) is 0 Å². The van der Waals surface area contributed by atoms with Crippen molar-refractivity contribution in [2.75, 3.05) is 39.4 Å². The van der Waals surface area contributed by atoms with Crippen molar-refractivity contribution in [1.82, 2.24) is 29.7 Å². The number of benzene rings is 1. The van der Waals surface area contributed by atoms with Crippen LogP contribution in [0.2, 0.25) is 5.02 Å². The molecule has 3 aromatic rings. The highest BCUT2D eigenvalue weighted by Gasteiger charge is 2.36. The molecule has 0 spiro atoms. The van der Waals surface area contributed by atoms with E-state index in [0.717, 1.165) is 33.7 Å². The van der Waals surface area contributed by atoms with E-state index in [0.29, 0.717) is 37.8 Å². The molecular formula is C31H37ClN6O4. The SMILES string of the molecule is CCOCC(=O)N[C@H](C1=Cc2cccnc2[C@@H](N2CCN(C(=O)OC(C)C)CC2)c2ccc(Cl)cc21)c1cncn1C. The van der Waals surface area contributed by atoms with Crippen LogP contribution in [0.4, 0.5) is 4.79 Å². The van der Waals surface area contributed by atoms with E-state index in [9.17, 15) is 9.59 Å². The molecule has 0 unspecified atom stereocenters. The number of piperazine rings is 1. The Balaban J connectivity index is 1.58. The first kappa shape index (κ1) is 29.8. The maximum Gasteiger partial charge on any atom is 0.410 e. The van der Waals surface area contributed by atoms with Gasteiger partial charge in [0.2, 0.25) is 5.91 Å². The molecule has 42 heavy (non-hydrogen) atoms. The summed E-state index contributed by atoms with van der Waals surface area (Å²) < 4.78 is 12.8. The standard InChI is InChI=1S/C31H37ClN6O4/c1-5-41-18-27(39)35-29(26-17-33-19-36(26)4)25-15-21-7-6-10-34-28(21)30(23-9-8-22(32)16-24(23)25)37-11-13-38(14-12-37)31(40)42-20(2)3/h6-10,15-17,19-20,29-30H,5,11-14,18H2,1-4H3,(H,35,39)/t29-,30+/m1/s1. The summed E-state index contributed by atoms with van der Waals surface area (Å²) in [6.45, 7) is 8.31. The molecule has 222 valence electrons. The number of halogens is 1. The molecule has 0 radical (unpaired) electrons. The molecule has 11 heteroatoms. The van der Waals surface area contributed by atoms with Gasteiger partial charge in [0.05, 0.1) is 42.1 Å². The number of aryl methyl sites for hydroxylation is 1. The van der Waals surface area contributed by atoms with Crippen LogP contribution in [0.15, 0.2) is 49.1 Å². The molecule has 2 aliphatic rings. The second-order valence-corrected chi connectivity index (χ2v) is 11.2. The Morgan fingerprint density at radius 2 is 1.95 bits per heavy atom. The molecule has 1 fully saturated rings. The molecule has 1 aliphatic heterocycles. The number of carbonyl (C=O) groups excluding carboxylic acids is 2. The zero-order valence-electron chi connectivity index (χ0n) is 24.4. The molecule has 0 bridgehead atoms. The third-order valence-corrected chi connectivity index (χ3v) is 7.77. The Labute approximate surface area is 251 Å². The Morgan fingerprint density at radius 3 is 2.64 bits per heavy atom. The molecule has 0 saturated carbocycles. The monoisotopic (exact) mass is 592 g/mol. The number of rotatable bonds is 8. The largest absolute Gasteiger partial charge is 0.447 e. The van der Waals surface area contributed by atoms with Gasteiger partial charge in [-0.05, 0) is 67.3 Å². The average molecular weight is 593 g/mol. The molecule has 3 heterocycles. The number of hydrogen-bond donors (Lipinski definition) is 1. The summed E-state index contributed by atoms with van der Waals surface area (Å²) in [5.41, 5.74) is 5.47. The molecule has 2 amide bonds. The van der Waals surface area contributed by atoms with Gasteiger partial charge in [-0.25, -0.2) is 9.78 Å². The number of imidazole rings is 1. The highest BCUT2D eigenvalue weighted by molar-refractivity contribution is 6.30. The lowest BCUT2D eigenvalue weighted by atomic mass is 9.89. The lowest BCUT2D eigenvalue weighted by Gasteiger charge is -2.39. The smallest absolute Gasteiger partial charge is 0.410 e. The van der Waals surface area contributed by atoms with E-state index in [1.54, 1.807) is 23.6 Å². The van der Waals surface area contributed by atoms with Crippen molar-refractivity contribution in [3.63, 3.8) is 0 Å². The first-order valence-corrected chi connectivity index (χ1v) is 14.6. The number of carbonyl (C=O) groups is 2. The third kappa shape index (κ3) is 6.35. The van der Waals surface area contributed by atoms with Crippen molar-refractivity contribution in [2.45, 2.75) is 39.0 Å². The van der Waals surface area contributed by atoms with Gasteiger partial charge in [0.25, 0.3) is 0 Å². The molecule has 5 rings (SSSR count). The van der Waals surface area contributed by atoms with Gasteiger partial charge < -0.3 is 24.3 Å². The minimum atomic E-state index is -0.530. The van der Waals surface area contributed by atoms with Crippen molar-refractivity contribution >= 4 is 35.3 Å². The lowest BCUT2D eigenvalue weighted by Crippen LogP contribution is -2.50. The van der Waals surface area contributed by atoms with Crippen molar-refractivity contribution in [1.29, 1.82) is 0 Å². The van der Waals surface area contributed by atoms with E-state index in [-0.39, 0.29) is 30.8 Å². The van der Waals surface area contributed by atoms with Gasteiger partial charge in [0.15, 0.2) is 0 Å². The summed E-state index contributed by atoms with van der Waals surface area (Å²) in [6.07, 6.45) is 6.91. The van der Waals surface area contributed by atoms with Crippen molar-refractivity contribution in [3.8, 4) is 0 Å². The van der Waals surface area contributed by atoms with Gasteiger partial charge >= 0.3 is 6.09 Å². The number of ether oxygens (including phenoxy) is 2. The van der Waals surface area contributed by atoms with Gasteiger partial charge in [-0.1, -0.05) is 23.7 Å². The summed E-state index contributed by atoms with van der Waals surface area (Å²) >= 11 is 6.63. The number of hydrogen-bond acceptors (Lipinski definition) is 7.